The van der Waals surface area contributed by atoms with Gasteiger partial charge in [-0.15, -0.1) is 0 Å². The highest BCUT2D eigenvalue weighted by Gasteiger charge is 2.30. The molecule has 0 heterocycles. The Kier molecular flexibility index (Phi) is 52.0. The zero-order chi connectivity index (χ0) is 61.1. The Morgan fingerprint density at radius 1 is 0.341 bits per heavy atom. The summed E-state index contributed by atoms with van der Waals surface area (Å²) in [6.07, 6.45) is 32.4. The summed E-state index contributed by atoms with van der Waals surface area (Å²) in [6.45, 7) is 13.9. The van der Waals surface area contributed by atoms with Crippen molar-refractivity contribution in [3.05, 3.63) is 0 Å². The monoisotopic (exact) mass is 1210 g/mol. The van der Waals surface area contributed by atoms with E-state index in [1.54, 1.807) is 0 Å². The van der Waals surface area contributed by atoms with E-state index in [-0.39, 0.29) is 25.7 Å². The van der Waals surface area contributed by atoms with Gasteiger partial charge in [0.15, 0.2) is 12.2 Å². The second-order valence-corrected chi connectivity index (χ2v) is 27.1. The number of aliphatic hydroxyl groups excluding tert-OH is 1. The SMILES string of the molecule is CCC(C)CCCCCCCCCCCCC(=O)OC[C@H](COP(=O)(O)OC[C@@H](O)COP(=O)(O)OC[C@@H](COC(=O)CCCCCCCCC(C)CC)OC(=O)CCCCCCCCC(C)C)OC(=O)CCCCCCCCC(C)C. The van der Waals surface area contributed by atoms with Crippen molar-refractivity contribution in [2.45, 2.75) is 318 Å². The summed E-state index contributed by atoms with van der Waals surface area (Å²) in [5, 5.41) is 10.5. The maximum Gasteiger partial charge on any atom is 0.472 e. The van der Waals surface area contributed by atoms with Crippen molar-refractivity contribution in [2.24, 2.45) is 23.7 Å². The molecule has 0 aromatic rings. The summed E-state index contributed by atoms with van der Waals surface area (Å²) in [4.78, 5) is 72.1. The predicted octanol–water partition coefficient (Wildman–Crippen LogP) is 17.0. The lowest BCUT2D eigenvalue weighted by Crippen LogP contribution is -2.30. The Bertz CT molecular complexity index is 1650. The molecular formula is C63H122O17P2. The number of rotatable bonds is 60. The van der Waals surface area contributed by atoms with Crippen molar-refractivity contribution in [3.63, 3.8) is 0 Å². The van der Waals surface area contributed by atoms with Gasteiger partial charge < -0.3 is 33.8 Å². The van der Waals surface area contributed by atoms with Crippen molar-refractivity contribution in [1.82, 2.24) is 0 Å². The number of phosphoric acid groups is 2. The van der Waals surface area contributed by atoms with Gasteiger partial charge in [-0.1, -0.05) is 248 Å². The van der Waals surface area contributed by atoms with Crippen LogP contribution in [0.2, 0.25) is 0 Å². The van der Waals surface area contributed by atoms with E-state index in [2.05, 4.69) is 55.4 Å². The topological polar surface area (TPSA) is 237 Å². The Morgan fingerprint density at radius 3 is 0.866 bits per heavy atom. The molecular weight excluding hydrogens is 1090 g/mol. The standard InChI is InChI=1S/C63H122O17P2/c1-9-55(7)41-33-25-15-13-11-12-14-16-27-35-43-60(65)73-49-58(79-62(67)45-37-29-20-17-23-31-39-53(3)4)51-77-81(69,70)75-47-57(64)48-76-82(71,72)78-52-59(80-63(68)46-38-30-21-18-24-32-40-54(5)6)50-74-61(66)44-36-28-22-19-26-34-42-56(8)10-2/h53-59,64H,9-52H2,1-8H3,(H,69,70)(H,71,72)/t55?,56?,57-,58-,59-/m1/s1. The van der Waals surface area contributed by atoms with E-state index in [1.807, 2.05) is 0 Å². The molecule has 0 aliphatic heterocycles. The van der Waals surface area contributed by atoms with Crippen LogP contribution < -0.4 is 0 Å². The van der Waals surface area contributed by atoms with Gasteiger partial charge in [-0.05, 0) is 49.4 Å². The summed E-state index contributed by atoms with van der Waals surface area (Å²) < 4.78 is 67.9. The minimum Gasteiger partial charge on any atom is -0.462 e. The average molecular weight is 1210 g/mol. The van der Waals surface area contributed by atoms with E-state index in [0.717, 1.165) is 108 Å². The van der Waals surface area contributed by atoms with Crippen LogP contribution >= 0.6 is 15.6 Å². The van der Waals surface area contributed by atoms with Crippen molar-refractivity contribution < 1.29 is 80.2 Å². The number of carbonyl (C=O) groups is 4. The summed E-state index contributed by atoms with van der Waals surface area (Å²) >= 11 is 0. The van der Waals surface area contributed by atoms with E-state index < -0.39 is 97.5 Å². The number of unbranched alkanes of at least 4 members (excludes halogenated alkanes) is 24. The molecule has 3 N–H and O–H groups in total. The third kappa shape index (κ3) is 54.7. The number of ether oxygens (including phenoxy) is 4. The Morgan fingerprint density at radius 2 is 0.585 bits per heavy atom. The average Bonchev–Trinajstić information content (AvgIpc) is 3.46. The lowest BCUT2D eigenvalue weighted by molar-refractivity contribution is -0.161. The highest BCUT2D eigenvalue weighted by atomic mass is 31.2. The van der Waals surface area contributed by atoms with Crippen molar-refractivity contribution in [3.8, 4) is 0 Å². The van der Waals surface area contributed by atoms with Gasteiger partial charge in [0, 0.05) is 25.7 Å². The summed E-state index contributed by atoms with van der Waals surface area (Å²) in [6, 6.07) is 0. The molecule has 82 heavy (non-hydrogen) atoms. The van der Waals surface area contributed by atoms with Gasteiger partial charge in [-0.25, -0.2) is 9.13 Å². The molecule has 0 amide bonds. The van der Waals surface area contributed by atoms with Crippen molar-refractivity contribution in [1.29, 1.82) is 0 Å². The van der Waals surface area contributed by atoms with Crippen LogP contribution in [0, 0.1) is 23.7 Å². The first-order valence-electron chi connectivity index (χ1n) is 32.8. The highest BCUT2D eigenvalue weighted by Crippen LogP contribution is 2.45. The van der Waals surface area contributed by atoms with E-state index in [4.69, 9.17) is 37.0 Å². The van der Waals surface area contributed by atoms with Gasteiger partial charge in [-0.3, -0.25) is 37.3 Å². The van der Waals surface area contributed by atoms with Crippen LogP contribution in [0.3, 0.4) is 0 Å². The van der Waals surface area contributed by atoms with Gasteiger partial charge in [0.25, 0.3) is 0 Å². The van der Waals surface area contributed by atoms with E-state index in [0.29, 0.717) is 37.5 Å². The smallest absolute Gasteiger partial charge is 0.462 e. The lowest BCUT2D eigenvalue weighted by atomic mass is 9.99. The number of carbonyl (C=O) groups excluding carboxylic acids is 4. The number of hydrogen-bond acceptors (Lipinski definition) is 15. The molecule has 486 valence electrons. The minimum atomic E-state index is -4.94. The van der Waals surface area contributed by atoms with Crippen molar-refractivity contribution >= 4 is 39.5 Å². The van der Waals surface area contributed by atoms with Gasteiger partial charge in [0.1, 0.15) is 19.3 Å². The molecule has 0 rings (SSSR count). The summed E-state index contributed by atoms with van der Waals surface area (Å²) in [7, 11) is -9.89. The molecule has 0 aliphatic carbocycles. The van der Waals surface area contributed by atoms with Gasteiger partial charge in [0.2, 0.25) is 0 Å². The van der Waals surface area contributed by atoms with Crippen LogP contribution in [0.4, 0.5) is 0 Å². The first kappa shape index (κ1) is 80.1. The largest absolute Gasteiger partial charge is 0.472 e. The maximum absolute atomic E-state index is 13.0. The molecule has 19 heteroatoms. The molecule has 0 aromatic heterocycles. The molecule has 0 bridgehead atoms. The van der Waals surface area contributed by atoms with E-state index in [1.165, 1.54) is 96.3 Å². The molecule has 0 saturated heterocycles. The second kappa shape index (κ2) is 53.3. The minimum absolute atomic E-state index is 0.100. The van der Waals surface area contributed by atoms with Crippen LogP contribution in [-0.2, 0) is 65.4 Å². The number of aliphatic hydroxyl groups is 1. The molecule has 0 spiro atoms. The van der Waals surface area contributed by atoms with E-state index in [9.17, 15) is 43.2 Å². The van der Waals surface area contributed by atoms with E-state index >= 15 is 0 Å². The third-order valence-corrected chi connectivity index (χ3v) is 16.9. The molecule has 0 saturated carbocycles. The Labute approximate surface area is 498 Å². The lowest BCUT2D eigenvalue weighted by Gasteiger charge is -2.21. The molecule has 0 aromatic carbocycles. The number of phosphoric ester groups is 2. The van der Waals surface area contributed by atoms with Crippen LogP contribution in [-0.4, -0.2) is 96.7 Å². The number of esters is 4. The van der Waals surface area contributed by atoms with Gasteiger partial charge >= 0.3 is 39.5 Å². The number of hydrogen-bond donors (Lipinski definition) is 3. The molecule has 0 aliphatic rings. The molecule has 4 unspecified atom stereocenters. The molecule has 0 fully saturated rings. The van der Waals surface area contributed by atoms with Crippen LogP contribution in [0.15, 0.2) is 0 Å². The van der Waals surface area contributed by atoms with Crippen LogP contribution in [0.5, 0.6) is 0 Å². The van der Waals surface area contributed by atoms with Gasteiger partial charge in [0.05, 0.1) is 26.4 Å². The summed E-state index contributed by atoms with van der Waals surface area (Å²) in [5.74, 6) is 0.731. The fraction of sp³-hybridized carbons (Fsp3) is 0.937. The normalized spacial score (nSPS) is 15.1. The zero-order valence-corrected chi connectivity index (χ0v) is 54.9. The summed E-state index contributed by atoms with van der Waals surface area (Å²) in [5.41, 5.74) is 0. The van der Waals surface area contributed by atoms with Gasteiger partial charge in [-0.2, -0.15) is 0 Å². The molecule has 0 radical (unpaired) electrons. The maximum atomic E-state index is 13.0. The van der Waals surface area contributed by atoms with Crippen LogP contribution in [0.25, 0.3) is 0 Å². The Balaban J connectivity index is 5.22. The first-order chi connectivity index (χ1) is 39.2. The molecule has 7 atom stereocenters. The second-order valence-electron chi connectivity index (χ2n) is 24.2. The fourth-order valence-corrected chi connectivity index (χ4v) is 10.8. The third-order valence-electron chi connectivity index (χ3n) is 15.0. The Hall–Kier alpha value is -1.94. The fourth-order valence-electron chi connectivity index (χ4n) is 9.19. The quantitative estimate of drug-likeness (QED) is 0.0222. The predicted molar refractivity (Wildman–Crippen MR) is 326 cm³/mol. The molecule has 17 nitrogen and oxygen atoms in total. The van der Waals surface area contributed by atoms with Crippen LogP contribution in [0.1, 0.15) is 299 Å². The highest BCUT2D eigenvalue weighted by molar-refractivity contribution is 7.47. The van der Waals surface area contributed by atoms with Crippen molar-refractivity contribution in [2.75, 3.05) is 39.6 Å². The zero-order valence-electron chi connectivity index (χ0n) is 53.1. The first-order valence-corrected chi connectivity index (χ1v) is 35.8.